The highest BCUT2D eigenvalue weighted by Gasteiger charge is 2.36. The first-order chi connectivity index (χ1) is 11.2. The molecule has 1 N–H and O–H groups in total. The summed E-state index contributed by atoms with van der Waals surface area (Å²) in [4.78, 5) is 12.1. The molecule has 0 atom stereocenters. The van der Waals surface area contributed by atoms with Crippen LogP contribution < -0.4 is 10.1 Å². The third-order valence-corrected chi connectivity index (χ3v) is 5.44. The van der Waals surface area contributed by atoms with E-state index in [9.17, 15) is 4.79 Å². The van der Waals surface area contributed by atoms with Crippen molar-refractivity contribution in [3.05, 3.63) is 51.7 Å². The summed E-state index contributed by atoms with van der Waals surface area (Å²) in [5.41, 5.74) is 1.47. The number of halogens is 1. The fourth-order valence-corrected chi connectivity index (χ4v) is 4.09. The summed E-state index contributed by atoms with van der Waals surface area (Å²) in [6, 6.07) is 9.21. The molecule has 1 aromatic heterocycles. The summed E-state index contributed by atoms with van der Waals surface area (Å²) in [7, 11) is 0. The standard InChI is InChI=1S/C18H20ClNO2S/c19-15-3-5-16(6-4-15)22-11-17(21)20-13-18(8-1-2-9-18)14-7-10-23-12-14/h3-7,10,12H,1-2,8-9,11,13H2,(H,20,21). The van der Waals surface area contributed by atoms with Crippen LogP contribution in [0.25, 0.3) is 0 Å². The minimum atomic E-state index is -0.0820. The van der Waals surface area contributed by atoms with Crippen molar-refractivity contribution in [1.29, 1.82) is 0 Å². The Labute approximate surface area is 145 Å². The molecule has 2 aromatic rings. The summed E-state index contributed by atoms with van der Waals surface area (Å²) < 4.78 is 5.49. The maximum atomic E-state index is 12.1. The van der Waals surface area contributed by atoms with Crippen molar-refractivity contribution >= 4 is 28.8 Å². The molecule has 0 aliphatic heterocycles. The SMILES string of the molecule is O=C(COc1ccc(Cl)cc1)NCC1(c2ccsc2)CCCC1. The van der Waals surface area contributed by atoms with E-state index in [1.165, 1.54) is 18.4 Å². The quantitative estimate of drug-likeness (QED) is 0.839. The number of amides is 1. The van der Waals surface area contributed by atoms with Gasteiger partial charge in [-0.15, -0.1) is 0 Å². The van der Waals surface area contributed by atoms with Gasteiger partial charge in [-0.25, -0.2) is 0 Å². The molecule has 0 spiro atoms. The number of hydrogen-bond donors (Lipinski definition) is 1. The minimum Gasteiger partial charge on any atom is -0.484 e. The Kier molecular flexibility index (Phi) is 5.23. The zero-order chi connectivity index (χ0) is 16.1. The number of nitrogens with one attached hydrogen (secondary N) is 1. The van der Waals surface area contributed by atoms with Gasteiger partial charge in [0.25, 0.3) is 5.91 Å². The molecule has 0 radical (unpaired) electrons. The smallest absolute Gasteiger partial charge is 0.257 e. The van der Waals surface area contributed by atoms with Gasteiger partial charge in [0.2, 0.25) is 0 Å². The van der Waals surface area contributed by atoms with Crippen molar-refractivity contribution in [3.8, 4) is 5.75 Å². The Balaban J connectivity index is 1.52. The van der Waals surface area contributed by atoms with Crippen LogP contribution in [-0.4, -0.2) is 19.1 Å². The van der Waals surface area contributed by atoms with E-state index in [4.69, 9.17) is 16.3 Å². The number of carbonyl (C=O) groups excluding carboxylic acids is 1. The van der Waals surface area contributed by atoms with Crippen molar-refractivity contribution < 1.29 is 9.53 Å². The highest BCUT2D eigenvalue weighted by molar-refractivity contribution is 7.08. The molecule has 122 valence electrons. The number of ether oxygens (including phenoxy) is 1. The molecular weight excluding hydrogens is 330 g/mol. The lowest BCUT2D eigenvalue weighted by molar-refractivity contribution is -0.123. The third-order valence-electron chi connectivity index (χ3n) is 4.50. The van der Waals surface area contributed by atoms with Crippen LogP contribution in [0.4, 0.5) is 0 Å². The van der Waals surface area contributed by atoms with E-state index < -0.39 is 0 Å². The topological polar surface area (TPSA) is 38.3 Å². The predicted octanol–water partition coefficient (Wildman–Crippen LogP) is 4.41. The van der Waals surface area contributed by atoms with Gasteiger partial charge >= 0.3 is 0 Å². The van der Waals surface area contributed by atoms with Gasteiger partial charge in [-0.1, -0.05) is 24.4 Å². The van der Waals surface area contributed by atoms with Gasteiger partial charge in [-0.2, -0.15) is 11.3 Å². The van der Waals surface area contributed by atoms with E-state index in [1.54, 1.807) is 35.6 Å². The highest BCUT2D eigenvalue weighted by Crippen LogP contribution is 2.41. The molecule has 0 saturated heterocycles. The molecular formula is C18H20ClNO2S. The zero-order valence-corrected chi connectivity index (χ0v) is 14.5. The molecule has 1 fully saturated rings. The lowest BCUT2D eigenvalue weighted by Crippen LogP contribution is -2.40. The number of carbonyl (C=O) groups is 1. The van der Waals surface area contributed by atoms with Crippen LogP contribution in [0.1, 0.15) is 31.2 Å². The predicted molar refractivity (Wildman–Crippen MR) is 94.4 cm³/mol. The summed E-state index contributed by atoms with van der Waals surface area (Å²) in [5, 5.41) is 8.03. The molecule has 1 saturated carbocycles. The van der Waals surface area contributed by atoms with Crippen molar-refractivity contribution in [2.75, 3.05) is 13.2 Å². The van der Waals surface area contributed by atoms with Crippen molar-refractivity contribution in [2.24, 2.45) is 0 Å². The van der Waals surface area contributed by atoms with E-state index in [0.29, 0.717) is 17.3 Å². The first-order valence-electron chi connectivity index (χ1n) is 7.86. The molecule has 1 aliphatic rings. The molecule has 3 rings (SSSR count). The molecule has 3 nitrogen and oxygen atoms in total. The number of hydrogen-bond acceptors (Lipinski definition) is 3. The fourth-order valence-electron chi connectivity index (χ4n) is 3.18. The first-order valence-corrected chi connectivity index (χ1v) is 9.18. The summed E-state index contributed by atoms with van der Waals surface area (Å²) in [6.07, 6.45) is 4.74. The number of benzene rings is 1. The molecule has 5 heteroatoms. The Morgan fingerprint density at radius 1 is 1.22 bits per heavy atom. The normalized spacial score (nSPS) is 16.2. The van der Waals surface area contributed by atoms with Crippen LogP contribution in [0.2, 0.25) is 5.02 Å². The maximum Gasteiger partial charge on any atom is 0.257 e. The van der Waals surface area contributed by atoms with Gasteiger partial charge in [0.1, 0.15) is 5.75 Å². The molecule has 0 unspecified atom stereocenters. The van der Waals surface area contributed by atoms with Crippen LogP contribution in [0.3, 0.4) is 0 Å². The minimum absolute atomic E-state index is 0.0291. The van der Waals surface area contributed by atoms with E-state index >= 15 is 0 Å². The lowest BCUT2D eigenvalue weighted by atomic mass is 9.80. The van der Waals surface area contributed by atoms with E-state index in [1.807, 2.05) is 0 Å². The molecule has 1 amide bonds. The highest BCUT2D eigenvalue weighted by atomic mass is 35.5. The van der Waals surface area contributed by atoms with Gasteiger partial charge in [-0.05, 0) is 59.5 Å². The summed E-state index contributed by atoms with van der Waals surface area (Å²) in [6.45, 7) is 0.716. The second-order valence-corrected chi connectivity index (χ2v) is 7.24. The average molecular weight is 350 g/mol. The van der Waals surface area contributed by atoms with Crippen molar-refractivity contribution in [1.82, 2.24) is 5.32 Å². The van der Waals surface area contributed by atoms with Crippen molar-refractivity contribution in [2.45, 2.75) is 31.1 Å². The van der Waals surface area contributed by atoms with Gasteiger partial charge in [0.05, 0.1) is 0 Å². The molecule has 23 heavy (non-hydrogen) atoms. The summed E-state index contributed by atoms with van der Waals surface area (Å²) in [5.74, 6) is 0.569. The lowest BCUT2D eigenvalue weighted by Gasteiger charge is -2.28. The van der Waals surface area contributed by atoms with Gasteiger partial charge in [0, 0.05) is 17.0 Å². The molecule has 1 aromatic carbocycles. The van der Waals surface area contributed by atoms with Crippen molar-refractivity contribution in [3.63, 3.8) is 0 Å². The van der Waals surface area contributed by atoms with Crippen LogP contribution in [-0.2, 0) is 10.2 Å². The van der Waals surface area contributed by atoms with Gasteiger partial charge in [0.15, 0.2) is 6.61 Å². The van der Waals surface area contributed by atoms with Crippen LogP contribution in [0, 0.1) is 0 Å². The Hall–Kier alpha value is -1.52. The van der Waals surface area contributed by atoms with E-state index in [0.717, 1.165) is 12.8 Å². The van der Waals surface area contributed by atoms with Gasteiger partial charge in [-0.3, -0.25) is 4.79 Å². The second-order valence-electron chi connectivity index (χ2n) is 6.02. The largest absolute Gasteiger partial charge is 0.484 e. The average Bonchev–Trinajstić information content (AvgIpc) is 3.24. The third kappa shape index (κ3) is 4.06. The molecule has 1 heterocycles. The monoisotopic (exact) mass is 349 g/mol. The number of thiophene rings is 1. The van der Waals surface area contributed by atoms with Crippen LogP contribution in [0.5, 0.6) is 5.75 Å². The van der Waals surface area contributed by atoms with Crippen LogP contribution in [0.15, 0.2) is 41.1 Å². The first kappa shape index (κ1) is 16.3. The Bertz CT molecular complexity index is 634. The zero-order valence-electron chi connectivity index (χ0n) is 12.9. The Morgan fingerprint density at radius 2 is 1.96 bits per heavy atom. The molecule has 0 bridgehead atoms. The second kappa shape index (κ2) is 7.37. The summed E-state index contributed by atoms with van der Waals surface area (Å²) >= 11 is 7.55. The Morgan fingerprint density at radius 3 is 2.61 bits per heavy atom. The van der Waals surface area contributed by atoms with Gasteiger partial charge < -0.3 is 10.1 Å². The van der Waals surface area contributed by atoms with E-state index in [-0.39, 0.29) is 17.9 Å². The number of rotatable bonds is 6. The maximum absolute atomic E-state index is 12.1. The van der Waals surface area contributed by atoms with E-state index in [2.05, 4.69) is 22.1 Å². The van der Waals surface area contributed by atoms with Crippen LogP contribution >= 0.6 is 22.9 Å². The fraction of sp³-hybridized carbons (Fsp3) is 0.389. The molecule has 1 aliphatic carbocycles.